The van der Waals surface area contributed by atoms with Crippen LogP contribution < -0.4 is 0 Å². The molecule has 3 heterocycles. The van der Waals surface area contributed by atoms with E-state index in [2.05, 4.69) is 9.88 Å². The Labute approximate surface area is 140 Å². The Morgan fingerprint density at radius 3 is 2.79 bits per heavy atom. The van der Waals surface area contributed by atoms with Gasteiger partial charge in [-0.05, 0) is 43.4 Å². The van der Waals surface area contributed by atoms with E-state index < -0.39 is 19.0 Å². The minimum Gasteiger partial charge on any atom is -0.330 e. The zero-order valence-corrected chi connectivity index (χ0v) is 13.8. The minimum absolute atomic E-state index is 0.0171. The number of hydrogen-bond donors (Lipinski definition) is 0. The van der Waals surface area contributed by atoms with Crippen LogP contribution in [0.1, 0.15) is 31.4 Å². The van der Waals surface area contributed by atoms with E-state index in [1.165, 1.54) is 4.90 Å². The van der Waals surface area contributed by atoms with Gasteiger partial charge in [0.15, 0.2) is 0 Å². The van der Waals surface area contributed by atoms with Crippen LogP contribution in [0, 0.1) is 11.3 Å². The molecule has 1 aromatic heterocycles. The minimum atomic E-state index is -2.68. The second-order valence-corrected chi connectivity index (χ2v) is 7.64. The Hall–Kier alpha value is -1.56. The second kappa shape index (κ2) is 5.76. The molecular weight excluding hydrogens is 312 g/mol. The van der Waals surface area contributed by atoms with Gasteiger partial charge in [-0.25, -0.2) is 8.78 Å². The van der Waals surface area contributed by atoms with Crippen molar-refractivity contribution in [3.05, 3.63) is 30.1 Å². The van der Waals surface area contributed by atoms with Crippen LogP contribution in [0.3, 0.4) is 0 Å². The number of carbonyl (C=O) groups excluding carboxylic acids is 1. The van der Waals surface area contributed by atoms with Gasteiger partial charge < -0.3 is 4.90 Å². The molecule has 0 bridgehead atoms. The molecule has 24 heavy (non-hydrogen) atoms. The van der Waals surface area contributed by atoms with Gasteiger partial charge in [0.05, 0.1) is 18.8 Å². The fraction of sp³-hybridized carbons (Fsp3) is 0.667. The molecule has 1 aliphatic carbocycles. The lowest BCUT2D eigenvalue weighted by atomic mass is 9.76. The second-order valence-electron chi connectivity index (χ2n) is 7.64. The number of rotatable bonds is 3. The quantitative estimate of drug-likeness (QED) is 0.852. The van der Waals surface area contributed by atoms with Gasteiger partial charge in [-0.2, -0.15) is 0 Å². The first-order valence-corrected chi connectivity index (χ1v) is 8.76. The smallest absolute Gasteiger partial charge is 0.282 e. The summed E-state index contributed by atoms with van der Waals surface area (Å²) < 4.78 is 26.2. The molecule has 4 nitrogen and oxygen atoms in total. The van der Waals surface area contributed by atoms with E-state index in [0.717, 1.165) is 51.0 Å². The predicted molar refractivity (Wildman–Crippen MR) is 85.4 cm³/mol. The maximum atomic E-state index is 13.1. The van der Waals surface area contributed by atoms with Crippen LogP contribution >= 0.6 is 0 Å². The third-order valence-electron chi connectivity index (χ3n) is 5.94. The summed E-state index contributed by atoms with van der Waals surface area (Å²) in [6, 6.07) is 5.91. The number of likely N-dealkylation sites (tertiary alicyclic amines) is 2. The first-order valence-electron chi connectivity index (χ1n) is 8.76. The van der Waals surface area contributed by atoms with Gasteiger partial charge in [0.2, 0.25) is 5.91 Å². The molecule has 0 N–H and O–H groups in total. The number of aromatic nitrogens is 1. The van der Waals surface area contributed by atoms with Gasteiger partial charge in [-0.3, -0.25) is 14.7 Å². The molecule has 2 aliphatic heterocycles. The highest BCUT2D eigenvalue weighted by Gasteiger charge is 2.55. The van der Waals surface area contributed by atoms with E-state index in [0.29, 0.717) is 0 Å². The highest BCUT2D eigenvalue weighted by molar-refractivity contribution is 5.81. The topological polar surface area (TPSA) is 36.4 Å². The molecule has 2 saturated heterocycles. The van der Waals surface area contributed by atoms with Crippen LogP contribution in [0.15, 0.2) is 24.4 Å². The molecule has 0 aromatic carbocycles. The summed E-state index contributed by atoms with van der Waals surface area (Å²) in [7, 11) is 0. The fourth-order valence-electron chi connectivity index (χ4n) is 4.74. The molecule has 0 radical (unpaired) electrons. The molecule has 2 atom stereocenters. The first kappa shape index (κ1) is 15.9. The number of alkyl halides is 2. The summed E-state index contributed by atoms with van der Waals surface area (Å²) in [5.74, 6) is -2.80. The van der Waals surface area contributed by atoms with Gasteiger partial charge >= 0.3 is 0 Å². The third-order valence-corrected chi connectivity index (χ3v) is 5.94. The highest BCUT2D eigenvalue weighted by atomic mass is 19.3. The maximum Gasteiger partial charge on any atom is 0.282 e. The molecule has 1 aromatic rings. The monoisotopic (exact) mass is 335 g/mol. The average molecular weight is 335 g/mol. The van der Waals surface area contributed by atoms with Crippen LogP contribution in [0.4, 0.5) is 8.78 Å². The van der Waals surface area contributed by atoms with Gasteiger partial charge in [-0.15, -0.1) is 0 Å². The van der Waals surface area contributed by atoms with Crippen molar-refractivity contribution in [2.75, 3.05) is 26.2 Å². The fourth-order valence-corrected chi connectivity index (χ4v) is 4.74. The van der Waals surface area contributed by atoms with E-state index >= 15 is 0 Å². The third kappa shape index (κ3) is 2.81. The lowest BCUT2D eigenvalue weighted by molar-refractivity contribution is -0.172. The Morgan fingerprint density at radius 2 is 2.08 bits per heavy atom. The van der Waals surface area contributed by atoms with Crippen molar-refractivity contribution in [2.24, 2.45) is 11.3 Å². The lowest BCUT2D eigenvalue weighted by Crippen LogP contribution is -2.60. The van der Waals surface area contributed by atoms with E-state index in [1.54, 1.807) is 6.20 Å². The number of nitrogens with zero attached hydrogens (tertiary/aromatic N) is 3. The number of halogens is 2. The standard InChI is InChI=1S/C18H23F2N3O/c19-18(20)12-23(13-18)16(24)15-5-3-6-17(15)7-9-22(11-17)10-14-4-1-2-8-21-14/h1-2,4,8,15H,3,5-7,9-13H2/t15-,17-/m0/s1. The molecule has 1 saturated carbocycles. The molecule has 130 valence electrons. The Bertz CT molecular complexity index is 616. The summed E-state index contributed by atoms with van der Waals surface area (Å²) in [6.45, 7) is 1.85. The van der Waals surface area contributed by atoms with E-state index in [-0.39, 0.29) is 17.2 Å². The van der Waals surface area contributed by atoms with Gasteiger partial charge in [0, 0.05) is 25.2 Å². The Balaban J connectivity index is 1.42. The Morgan fingerprint density at radius 1 is 1.25 bits per heavy atom. The maximum absolute atomic E-state index is 13.1. The lowest BCUT2D eigenvalue weighted by Gasteiger charge is -2.42. The molecule has 1 amide bonds. The highest BCUT2D eigenvalue weighted by Crippen LogP contribution is 2.51. The molecule has 1 spiro atoms. The van der Waals surface area contributed by atoms with Crippen molar-refractivity contribution < 1.29 is 13.6 Å². The summed E-state index contributed by atoms with van der Waals surface area (Å²) in [5.41, 5.74) is 1.02. The SMILES string of the molecule is O=C([C@@H]1CCC[C@@]12CCN(Cc1ccccn1)C2)N1CC(F)(F)C1. The van der Waals surface area contributed by atoms with Gasteiger partial charge in [0.1, 0.15) is 0 Å². The normalized spacial score (nSPS) is 32.2. The van der Waals surface area contributed by atoms with Crippen molar-refractivity contribution in [1.82, 2.24) is 14.8 Å². The summed E-state index contributed by atoms with van der Waals surface area (Å²) >= 11 is 0. The zero-order chi connectivity index (χ0) is 16.8. The van der Waals surface area contributed by atoms with Crippen molar-refractivity contribution in [3.63, 3.8) is 0 Å². The Kier molecular flexibility index (Phi) is 3.82. The largest absolute Gasteiger partial charge is 0.330 e. The van der Waals surface area contributed by atoms with Crippen LogP contribution in [0.25, 0.3) is 0 Å². The van der Waals surface area contributed by atoms with Crippen molar-refractivity contribution in [3.8, 4) is 0 Å². The van der Waals surface area contributed by atoms with Crippen LogP contribution in [-0.2, 0) is 11.3 Å². The van der Waals surface area contributed by atoms with Crippen molar-refractivity contribution >= 4 is 5.91 Å². The molecule has 3 fully saturated rings. The van der Waals surface area contributed by atoms with Gasteiger partial charge in [-0.1, -0.05) is 12.5 Å². The first-order chi connectivity index (χ1) is 11.5. The summed E-state index contributed by atoms with van der Waals surface area (Å²) in [6.07, 6.45) is 5.69. The molecule has 0 unspecified atom stereocenters. The molecule has 6 heteroatoms. The number of hydrogen-bond acceptors (Lipinski definition) is 3. The molecular formula is C18H23F2N3O. The van der Waals surface area contributed by atoms with Crippen LogP contribution in [0.5, 0.6) is 0 Å². The summed E-state index contributed by atoms with van der Waals surface area (Å²) in [5, 5.41) is 0. The van der Waals surface area contributed by atoms with E-state index in [9.17, 15) is 13.6 Å². The number of amides is 1. The zero-order valence-electron chi connectivity index (χ0n) is 13.8. The predicted octanol–water partition coefficient (Wildman–Crippen LogP) is 2.55. The van der Waals surface area contributed by atoms with Crippen molar-refractivity contribution in [2.45, 2.75) is 38.2 Å². The van der Waals surface area contributed by atoms with E-state index in [4.69, 9.17) is 0 Å². The molecule has 4 rings (SSSR count). The summed E-state index contributed by atoms with van der Waals surface area (Å²) in [4.78, 5) is 20.8. The molecule has 3 aliphatic rings. The van der Waals surface area contributed by atoms with Crippen molar-refractivity contribution in [1.29, 1.82) is 0 Å². The average Bonchev–Trinajstić information content (AvgIpc) is 3.13. The number of pyridine rings is 1. The van der Waals surface area contributed by atoms with Gasteiger partial charge in [0.25, 0.3) is 5.92 Å². The van der Waals surface area contributed by atoms with E-state index in [1.807, 2.05) is 18.2 Å². The van der Waals surface area contributed by atoms with Crippen LogP contribution in [-0.4, -0.2) is 52.8 Å². The van der Waals surface area contributed by atoms with Crippen LogP contribution in [0.2, 0.25) is 0 Å². The number of carbonyl (C=O) groups is 1.